The predicted molar refractivity (Wildman–Crippen MR) is 76.8 cm³/mol. The third kappa shape index (κ3) is 4.51. The molecule has 0 aliphatic carbocycles. The first kappa shape index (κ1) is 15.4. The number of nitrogens with zero attached hydrogens (tertiary/aromatic N) is 1. The number of nitrogens with one attached hydrogen (secondary N) is 3. The van der Waals surface area contributed by atoms with Gasteiger partial charge in [0, 0.05) is 32.0 Å². The minimum atomic E-state index is -0.340. The molecule has 2 amide bonds. The Morgan fingerprint density at radius 3 is 2.95 bits per heavy atom. The van der Waals surface area contributed by atoms with E-state index < -0.39 is 0 Å². The maximum atomic E-state index is 11.9. The van der Waals surface area contributed by atoms with Crippen LogP contribution in [0.3, 0.4) is 0 Å². The first-order valence-electron chi connectivity index (χ1n) is 6.99. The first-order valence-corrected chi connectivity index (χ1v) is 6.99. The Morgan fingerprint density at radius 1 is 1.43 bits per heavy atom. The van der Waals surface area contributed by atoms with Crippen LogP contribution in [0.25, 0.3) is 0 Å². The van der Waals surface area contributed by atoms with Crippen LogP contribution in [0.15, 0.2) is 24.5 Å². The second-order valence-corrected chi connectivity index (χ2v) is 4.80. The summed E-state index contributed by atoms with van der Waals surface area (Å²) >= 11 is 0. The molecular formula is C14H20N4O3. The Bertz CT molecular complexity index is 480. The van der Waals surface area contributed by atoms with Crippen LogP contribution in [-0.2, 0) is 9.53 Å². The zero-order chi connectivity index (χ0) is 15.1. The van der Waals surface area contributed by atoms with Gasteiger partial charge in [-0.3, -0.25) is 14.6 Å². The largest absolute Gasteiger partial charge is 0.375 e. The molecular weight excluding hydrogens is 272 g/mol. The van der Waals surface area contributed by atoms with Gasteiger partial charge in [-0.15, -0.1) is 0 Å². The lowest BCUT2D eigenvalue weighted by molar-refractivity contribution is -0.128. The normalized spacial score (nSPS) is 21.6. The molecule has 21 heavy (non-hydrogen) atoms. The molecule has 1 aromatic rings. The monoisotopic (exact) mass is 292 g/mol. The van der Waals surface area contributed by atoms with Gasteiger partial charge in [0.15, 0.2) is 0 Å². The number of morpholine rings is 1. The summed E-state index contributed by atoms with van der Waals surface area (Å²) in [4.78, 5) is 27.6. The molecule has 0 radical (unpaired) electrons. The molecule has 0 saturated carbocycles. The fourth-order valence-electron chi connectivity index (χ4n) is 2.10. The topological polar surface area (TPSA) is 92.4 Å². The van der Waals surface area contributed by atoms with Gasteiger partial charge in [0.1, 0.15) is 6.04 Å². The van der Waals surface area contributed by atoms with Crippen LogP contribution in [0.2, 0.25) is 0 Å². The Kier molecular flexibility index (Phi) is 5.65. The number of ether oxygens (including phenoxy) is 1. The van der Waals surface area contributed by atoms with Gasteiger partial charge in [-0.2, -0.15) is 0 Å². The molecule has 1 aromatic heterocycles. The van der Waals surface area contributed by atoms with Crippen LogP contribution < -0.4 is 16.0 Å². The highest BCUT2D eigenvalue weighted by Crippen LogP contribution is 2.03. The summed E-state index contributed by atoms with van der Waals surface area (Å²) in [6, 6.07) is 3.05. The van der Waals surface area contributed by atoms with E-state index in [1.54, 1.807) is 18.3 Å². The fraction of sp³-hybridized carbons (Fsp3) is 0.500. The molecule has 114 valence electrons. The van der Waals surface area contributed by atoms with Gasteiger partial charge in [0.05, 0.1) is 18.3 Å². The standard InChI is InChI=1S/C14H20N4O3/c1-10-12(16-7-8-21-10)14(20)18-6-5-17-13(19)11-3-2-4-15-9-11/h2-4,9-10,12,16H,5-8H2,1H3,(H,17,19)(H,18,20)/t10-,12+/m1/s1. The minimum absolute atomic E-state index is 0.113. The highest BCUT2D eigenvalue weighted by molar-refractivity contribution is 5.93. The summed E-state index contributed by atoms with van der Waals surface area (Å²) in [5, 5.41) is 8.61. The lowest BCUT2D eigenvalue weighted by atomic mass is 10.1. The Morgan fingerprint density at radius 2 is 2.24 bits per heavy atom. The van der Waals surface area contributed by atoms with Crippen LogP contribution in [0, 0.1) is 0 Å². The van der Waals surface area contributed by atoms with Gasteiger partial charge < -0.3 is 20.7 Å². The summed E-state index contributed by atoms with van der Waals surface area (Å²) in [6.07, 6.45) is 2.96. The van der Waals surface area contributed by atoms with E-state index >= 15 is 0 Å². The van der Waals surface area contributed by atoms with Crippen molar-refractivity contribution < 1.29 is 14.3 Å². The van der Waals surface area contributed by atoms with Gasteiger partial charge in [-0.05, 0) is 19.1 Å². The smallest absolute Gasteiger partial charge is 0.252 e. The van der Waals surface area contributed by atoms with E-state index in [9.17, 15) is 9.59 Å². The molecule has 0 aromatic carbocycles. The van der Waals surface area contributed by atoms with E-state index in [1.165, 1.54) is 6.20 Å². The van der Waals surface area contributed by atoms with Crippen LogP contribution in [-0.4, -0.2) is 55.2 Å². The lowest BCUT2D eigenvalue weighted by Gasteiger charge is -2.29. The molecule has 7 heteroatoms. The number of pyridine rings is 1. The zero-order valence-corrected chi connectivity index (χ0v) is 12.0. The minimum Gasteiger partial charge on any atom is -0.375 e. The van der Waals surface area contributed by atoms with Gasteiger partial charge in [0.25, 0.3) is 5.91 Å². The second-order valence-electron chi connectivity index (χ2n) is 4.80. The average Bonchev–Trinajstić information content (AvgIpc) is 2.52. The van der Waals surface area contributed by atoms with Crippen molar-refractivity contribution in [3.8, 4) is 0 Å². The molecule has 1 fully saturated rings. The molecule has 3 N–H and O–H groups in total. The van der Waals surface area contributed by atoms with E-state index in [2.05, 4.69) is 20.9 Å². The van der Waals surface area contributed by atoms with Crippen LogP contribution in [0.5, 0.6) is 0 Å². The third-order valence-corrected chi connectivity index (χ3v) is 3.23. The number of rotatable bonds is 5. The van der Waals surface area contributed by atoms with Crippen molar-refractivity contribution in [2.24, 2.45) is 0 Å². The van der Waals surface area contributed by atoms with E-state index in [1.807, 2.05) is 6.92 Å². The second kappa shape index (κ2) is 7.70. The highest BCUT2D eigenvalue weighted by atomic mass is 16.5. The molecule has 1 aliphatic heterocycles. The van der Waals surface area contributed by atoms with Crippen molar-refractivity contribution in [2.75, 3.05) is 26.2 Å². The Hall–Kier alpha value is -1.99. The van der Waals surface area contributed by atoms with E-state index in [-0.39, 0.29) is 24.0 Å². The summed E-state index contributed by atoms with van der Waals surface area (Å²) in [5.74, 6) is -0.317. The predicted octanol–water partition coefficient (Wildman–Crippen LogP) is -0.695. The lowest BCUT2D eigenvalue weighted by Crippen LogP contribution is -2.56. The molecule has 2 rings (SSSR count). The van der Waals surface area contributed by atoms with Crippen LogP contribution in [0.4, 0.5) is 0 Å². The summed E-state index contributed by atoms with van der Waals surface area (Å²) in [5.41, 5.74) is 0.500. The van der Waals surface area contributed by atoms with E-state index in [0.717, 1.165) is 0 Å². The van der Waals surface area contributed by atoms with Crippen molar-refractivity contribution in [3.05, 3.63) is 30.1 Å². The summed E-state index contributed by atoms with van der Waals surface area (Å²) in [7, 11) is 0. The zero-order valence-electron chi connectivity index (χ0n) is 12.0. The van der Waals surface area contributed by atoms with Crippen molar-refractivity contribution in [1.82, 2.24) is 20.9 Å². The molecule has 2 atom stereocenters. The van der Waals surface area contributed by atoms with Gasteiger partial charge in [0.2, 0.25) is 5.91 Å². The van der Waals surface area contributed by atoms with Crippen molar-refractivity contribution in [3.63, 3.8) is 0 Å². The Labute approximate surface area is 123 Å². The van der Waals surface area contributed by atoms with E-state index in [4.69, 9.17) is 4.74 Å². The maximum absolute atomic E-state index is 11.9. The summed E-state index contributed by atoms with van der Waals surface area (Å²) < 4.78 is 5.41. The molecule has 0 bridgehead atoms. The van der Waals surface area contributed by atoms with Gasteiger partial charge in [-0.1, -0.05) is 0 Å². The molecule has 1 saturated heterocycles. The molecule has 7 nitrogen and oxygen atoms in total. The third-order valence-electron chi connectivity index (χ3n) is 3.23. The van der Waals surface area contributed by atoms with Crippen LogP contribution >= 0.6 is 0 Å². The number of carbonyl (C=O) groups excluding carboxylic acids is 2. The molecule has 0 spiro atoms. The van der Waals surface area contributed by atoms with Gasteiger partial charge >= 0.3 is 0 Å². The highest BCUT2D eigenvalue weighted by Gasteiger charge is 2.27. The average molecular weight is 292 g/mol. The maximum Gasteiger partial charge on any atom is 0.252 e. The summed E-state index contributed by atoms with van der Waals surface area (Å²) in [6.45, 7) is 3.88. The fourth-order valence-corrected chi connectivity index (χ4v) is 2.10. The molecule has 0 unspecified atom stereocenters. The Balaban J connectivity index is 1.67. The van der Waals surface area contributed by atoms with Crippen LogP contribution in [0.1, 0.15) is 17.3 Å². The number of hydrogen-bond acceptors (Lipinski definition) is 5. The van der Waals surface area contributed by atoms with Crippen molar-refractivity contribution >= 4 is 11.8 Å². The first-order chi connectivity index (χ1) is 10.2. The number of amides is 2. The van der Waals surface area contributed by atoms with E-state index in [0.29, 0.717) is 31.8 Å². The van der Waals surface area contributed by atoms with Gasteiger partial charge in [-0.25, -0.2) is 0 Å². The van der Waals surface area contributed by atoms with Crippen molar-refractivity contribution in [1.29, 1.82) is 0 Å². The number of hydrogen-bond donors (Lipinski definition) is 3. The SMILES string of the molecule is C[C@H]1OCCN[C@@H]1C(=O)NCCNC(=O)c1cccnc1. The van der Waals surface area contributed by atoms with Crippen molar-refractivity contribution in [2.45, 2.75) is 19.1 Å². The quantitative estimate of drug-likeness (QED) is 0.624. The number of carbonyl (C=O) groups is 2. The number of aromatic nitrogens is 1. The molecule has 2 heterocycles. The molecule has 1 aliphatic rings.